The van der Waals surface area contributed by atoms with Gasteiger partial charge in [0.25, 0.3) is 0 Å². The molecular weight excluding hydrogens is 280 g/mol. The van der Waals surface area contributed by atoms with Gasteiger partial charge in [0, 0.05) is 18.5 Å². The summed E-state index contributed by atoms with van der Waals surface area (Å²) in [6.45, 7) is -1.04. The molecule has 0 aromatic rings. The lowest BCUT2D eigenvalue weighted by Crippen LogP contribution is -2.43. The van der Waals surface area contributed by atoms with Crippen molar-refractivity contribution in [2.75, 3.05) is 13.1 Å². The van der Waals surface area contributed by atoms with Crippen molar-refractivity contribution in [2.24, 2.45) is 5.92 Å². The molecule has 0 bridgehead atoms. The van der Waals surface area contributed by atoms with Crippen LogP contribution in [0.5, 0.6) is 0 Å². The van der Waals surface area contributed by atoms with Crippen LogP contribution in [0, 0.1) is 5.92 Å². The summed E-state index contributed by atoms with van der Waals surface area (Å²) in [4.78, 5) is 11.0. The van der Waals surface area contributed by atoms with E-state index in [1.807, 2.05) is 0 Å². The fraction of sp³-hybridized carbons (Fsp3) is 0.900. The highest BCUT2D eigenvalue weighted by Gasteiger charge is 2.41. The van der Waals surface area contributed by atoms with Gasteiger partial charge in [0.1, 0.15) is 6.04 Å². The van der Waals surface area contributed by atoms with Crippen molar-refractivity contribution in [3.63, 3.8) is 0 Å². The van der Waals surface area contributed by atoms with Crippen LogP contribution in [-0.4, -0.2) is 59.6 Å². The number of carboxylic acid groups (broad SMARTS) is 1. The molecule has 10 heteroatoms. The van der Waals surface area contributed by atoms with Crippen LogP contribution in [0.3, 0.4) is 0 Å². The van der Waals surface area contributed by atoms with E-state index >= 15 is 0 Å². The zero-order valence-electron chi connectivity index (χ0n) is 10.7. The molecule has 0 saturated carbocycles. The third-order valence-electron chi connectivity index (χ3n) is 3.33. The molecule has 1 saturated heterocycles. The second-order valence-corrected chi connectivity index (χ2v) is 4.90. The van der Waals surface area contributed by atoms with E-state index < -0.39 is 43.8 Å². The SMILES string of the molecule is O=C(O)[C@H]1NC[C@H](NCC(F)(F)F)[C@H]1CCCB(O)O. The standard InChI is InChI=1S/C10H18BF3N2O4/c12-10(13,14)5-16-7-4-15-8(9(17)18)6(7)2-1-3-11(19)20/h6-8,15-16,19-20H,1-5H2,(H,17,18)/t6-,7+,8+/m1/s1. The van der Waals surface area contributed by atoms with Gasteiger partial charge in [-0.25, -0.2) is 0 Å². The highest BCUT2D eigenvalue weighted by atomic mass is 19.4. The second-order valence-electron chi connectivity index (χ2n) is 4.90. The third-order valence-corrected chi connectivity index (χ3v) is 3.33. The number of hydrogen-bond donors (Lipinski definition) is 5. The van der Waals surface area contributed by atoms with E-state index in [0.717, 1.165) is 0 Å². The van der Waals surface area contributed by atoms with Crippen LogP contribution in [0.4, 0.5) is 13.2 Å². The largest absolute Gasteiger partial charge is 0.480 e. The first-order chi connectivity index (χ1) is 9.20. The van der Waals surface area contributed by atoms with Gasteiger partial charge in [-0.1, -0.05) is 6.42 Å². The lowest BCUT2D eigenvalue weighted by molar-refractivity contribution is -0.140. The lowest BCUT2D eigenvalue weighted by atomic mass is 9.80. The molecule has 3 atom stereocenters. The van der Waals surface area contributed by atoms with E-state index in [9.17, 15) is 18.0 Å². The molecule has 1 rings (SSSR count). The molecule has 20 heavy (non-hydrogen) atoms. The predicted molar refractivity (Wildman–Crippen MR) is 65.0 cm³/mol. The van der Waals surface area contributed by atoms with E-state index in [4.69, 9.17) is 15.2 Å². The number of carboxylic acids is 1. The van der Waals surface area contributed by atoms with Gasteiger partial charge in [-0.3, -0.25) is 4.79 Å². The second kappa shape index (κ2) is 7.25. The molecule has 1 aliphatic rings. The molecule has 5 N–H and O–H groups in total. The Morgan fingerprint density at radius 1 is 1.40 bits per heavy atom. The zero-order chi connectivity index (χ0) is 15.3. The molecule has 1 fully saturated rings. The summed E-state index contributed by atoms with van der Waals surface area (Å²) in [7, 11) is -1.49. The Labute approximate surface area is 114 Å². The summed E-state index contributed by atoms with van der Waals surface area (Å²) in [6.07, 6.45) is -3.66. The molecule has 1 heterocycles. The number of nitrogens with one attached hydrogen (secondary N) is 2. The van der Waals surface area contributed by atoms with Gasteiger partial charge in [-0.2, -0.15) is 13.2 Å². The molecule has 0 unspecified atom stereocenters. The quantitative estimate of drug-likeness (QED) is 0.404. The molecule has 0 aromatic carbocycles. The van der Waals surface area contributed by atoms with E-state index in [1.165, 1.54) is 0 Å². The van der Waals surface area contributed by atoms with Crippen molar-refractivity contribution in [3.05, 3.63) is 0 Å². The van der Waals surface area contributed by atoms with Gasteiger partial charge in [0.05, 0.1) is 6.54 Å². The van der Waals surface area contributed by atoms with Crippen LogP contribution in [0.2, 0.25) is 6.32 Å². The van der Waals surface area contributed by atoms with E-state index in [2.05, 4.69) is 10.6 Å². The number of halogens is 3. The van der Waals surface area contributed by atoms with Crippen LogP contribution >= 0.6 is 0 Å². The number of carbonyl (C=O) groups is 1. The van der Waals surface area contributed by atoms with Gasteiger partial charge < -0.3 is 25.8 Å². The first kappa shape index (κ1) is 17.2. The Bertz CT molecular complexity index is 330. The summed E-state index contributed by atoms with van der Waals surface area (Å²) in [6, 6.07) is -1.52. The molecule has 1 aliphatic heterocycles. The number of hydrogen-bond acceptors (Lipinski definition) is 5. The molecule has 0 aliphatic carbocycles. The van der Waals surface area contributed by atoms with Crippen molar-refractivity contribution in [1.29, 1.82) is 0 Å². The fourth-order valence-corrected chi connectivity index (χ4v) is 2.43. The highest BCUT2D eigenvalue weighted by molar-refractivity contribution is 6.40. The maximum atomic E-state index is 12.2. The van der Waals surface area contributed by atoms with E-state index in [0.29, 0.717) is 12.8 Å². The molecule has 0 radical (unpaired) electrons. The van der Waals surface area contributed by atoms with Gasteiger partial charge in [-0.05, 0) is 12.7 Å². The minimum absolute atomic E-state index is 0.0643. The average Bonchev–Trinajstić information content (AvgIpc) is 2.68. The number of alkyl halides is 3. The topological polar surface area (TPSA) is 102 Å². The maximum absolute atomic E-state index is 12.2. The van der Waals surface area contributed by atoms with Gasteiger partial charge >= 0.3 is 19.3 Å². The summed E-state index contributed by atoms with van der Waals surface area (Å²) in [5, 5.41) is 31.5. The fourth-order valence-electron chi connectivity index (χ4n) is 2.43. The van der Waals surface area contributed by atoms with Crippen LogP contribution in [0.25, 0.3) is 0 Å². The first-order valence-electron chi connectivity index (χ1n) is 6.33. The Morgan fingerprint density at radius 3 is 2.55 bits per heavy atom. The molecule has 0 amide bonds. The maximum Gasteiger partial charge on any atom is 0.451 e. The summed E-state index contributed by atoms with van der Waals surface area (Å²) >= 11 is 0. The van der Waals surface area contributed by atoms with Crippen LogP contribution in [-0.2, 0) is 4.79 Å². The summed E-state index contributed by atoms with van der Waals surface area (Å²) < 4.78 is 36.6. The monoisotopic (exact) mass is 298 g/mol. The van der Waals surface area contributed by atoms with Crippen LogP contribution in [0.15, 0.2) is 0 Å². The van der Waals surface area contributed by atoms with Crippen molar-refractivity contribution in [1.82, 2.24) is 10.6 Å². The van der Waals surface area contributed by atoms with Gasteiger partial charge in [0.2, 0.25) is 0 Å². The number of aliphatic carboxylic acids is 1. The molecule has 6 nitrogen and oxygen atoms in total. The first-order valence-corrected chi connectivity index (χ1v) is 6.33. The van der Waals surface area contributed by atoms with E-state index in [-0.39, 0.29) is 12.9 Å². The minimum atomic E-state index is -4.35. The highest BCUT2D eigenvalue weighted by Crippen LogP contribution is 2.24. The average molecular weight is 298 g/mol. The van der Waals surface area contributed by atoms with Crippen molar-refractivity contribution >= 4 is 13.1 Å². The Balaban J connectivity index is 2.55. The minimum Gasteiger partial charge on any atom is -0.480 e. The van der Waals surface area contributed by atoms with Crippen molar-refractivity contribution in [2.45, 2.75) is 37.4 Å². The Kier molecular flexibility index (Phi) is 6.24. The van der Waals surface area contributed by atoms with Crippen LogP contribution in [0.1, 0.15) is 12.8 Å². The zero-order valence-corrected chi connectivity index (χ0v) is 10.7. The molecule has 0 spiro atoms. The van der Waals surface area contributed by atoms with Gasteiger partial charge in [0.15, 0.2) is 0 Å². The molecule has 116 valence electrons. The molecule has 0 aromatic heterocycles. The van der Waals surface area contributed by atoms with Crippen molar-refractivity contribution < 1.29 is 33.1 Å². The summed E-state index contributed by atoms with van der Waals surface area (Å²) in [5.74, 6) is -1.63. The third kappa shape index (κ3) is 5.65. The van der Waals surface area contributed by atoms with Crippen LogP contribution < -0.4 is 10.6 Å². The Morgan fingerprint density at radius 2 is 2.05 bits per heavy atom. The lowest BCUT2D eigenvalue weighted by Gasteiger charge is -2.23. The van der Waals surface area contributed by atoms with Crippen molar-refractivity contribution in [3.8, 4) is 0 Å². The molecular formula is C10H18BF3N2O4. The predicted octanol–water partition coefficient (Wildman–Crippen LogP) is -0.568. The number of rotatable bonds is 7. The van der Waals surface area contributed by atoms with Gasteiger partial charge in [-0.15, -0.1) is 0 Å². The smallest absolute Gasteiger partial charge is 0.451 e. The normalized spacial score (nSPS) is 26.8. The summed E-state index contributed by atoms with van der Waals surface area (Å²) in [5.41, 5.74) is 0. The Hall–Kier alpha value is -0.835. The van der Waals surface area contributed by atoms with E-state index in [1.54, 1.807) is 0 Å².